The summed E-state index contributed by atoms with van der Waals surface area (Å²) in [6.07, 6.45) is 1.10. The second-order valence-corrected chi connectivity index (χ2v) is 4.55. The molecule has 0 atom stereocenters. The van der Waals surface area contributed by atoms with Gasteiger partial charge in [0.25, 0.3) is 0 Å². The zero-order valence-electron chi connectivity index (χ0n) is 14.6. The number of rotatable bonds is 18. The predicted molar refractivity (Wildman–Crippen MR) is 85.6 cm³/mol. The van der Waals surface area contributed by atoms with Crippen LogP contribution in [0.3, 0.4) is 0 Å². The smallest absolute Gasteiger partial charge is 0.308 e. The minimum absolute atomic E-state index is 0.250. The average molecular weight is 336 g/mol. The number of esters is 1. The molecule has 0 fully saturated rings. The molecule has 0 aromatic heterocycles. The summed E-state index contributed by atoms with van der Waals surface area (Å²) in [5.41, 5.74) is 0. The molecule has 0 radical (unpaired) electrons. The molecule has 7 nitrogen and oxygen atoms in total. The maximum atomic E-state index is 11.3. The number of hydrogen-bond donors (Lipinski definition) is 0. The van der Waals surface area contributed by atoms with Gasteiger partial charge in [0.2, 0.25) is 0 Å². The Hall–Kier alpha value is -0.730. The molecular weight excluding hydrogens is 304 g/mol. The van der Waals surface area contributed by atoms with Gasteiger partial charge in [-0.05, 0) is 20.3 Å². The Labute approximate surface area is 139 Å². The maximum Gasteiger partial charge on any atom is 0.308 e. The molecule has 0 bridgehead atoms. The molecule has 0 aliphatic carbocycles. The van der Waals surface area contributed by atoms with Crippen molar-refractivity contribution in [3.05, 3.63) is 0 Å². The van der Waals surface area contributed by atoms with E-state index in [1.165, 1.54) is 0 Å². The van der Waals surface area contributed by atoms with Crippen LogP contribution in [-0.4, -0.2) is 78.6 Å². The van der Waals surface area contributed by atoms with Gasteiger partial charge in [0.05, 0.1) is 46.1 Å². The summed E-state index contributed by atoms with van der Waals surface area (Å²) in [6, 6.07) is 0. The van der Waals surface area contributed by atoms with E-state index in [1.54, 1.807) is 0 Å². The Balaban J connectivity index is 3.08. The molecule has 0 aromatic rings. The van der Waals surface area contributed by atoms with Gasteiger partial charge in [-0.1, -0.05) is 0 Å². The maximum absolute atomic E-state index is 11.3. The van der Waals surface area contributed by atoms with E-state index in [4.69, 9.17) is 28.4 Å². The second-order valence-electron chi connectivity index (χ2n) is 4.55. The first-order chi connectivity index (χ1) is 11.3. The van der Waals surface area contributed by atoms with Crippen LogP contribution in [-0.2, 0) is 33.2 Å². The molecular formula is C16H32O7. The van der Waals surface area contributed by atoms with E-state index in [0.717, 1.165) is 13.0 Å². The standard InChI is InChI=1S/C16H32O7/c1-3-18-10-11-20-7-5-8-21-12-13-22-9-6-16(17)23-15-14-19-4-2/h3-15H2,1-2H3. The normalized spacial score (nSPS) is 10.9. The highest BCUT2D eigenvalue weighted by Crippen LogP contribution is 1.91. The lowest BCUT2D eigenvalue weighted by atomic mass is 10.4. The molecule has 0 amide bonds. The third kappa shape index (κ3) is 19.2. The van der Waals surface area contributed by atoms with Crippen LogP contribution in [0.1, 0.15) is 26.7 Å². The summed E-state index contributed by atoms with van der Waals surface area (Å²) >= 11 is 0. The molecule has 23 heavy (non-hydrogen) atoms. The zero-order valence-corrected chi connectivity index (χ0v) is 14.6. The van der Waals surface area contributed by atoms with Crippen molar-refractivity contribution in [3.8, 4) is 0 Å². The van der Waals surface area contributed by atoms with Crippen LogP contribution in [0.2, 0.25) is 0 Å². The number of carbonyl (C=O) groups excluding carboxylic acids is 1. The minimum atomic E-state index is -0.269. The van der Waals surface area contributed by atoms with Crippen molar-refractivity contribution < 1.29 is 33.2 Å². The monoisotopic (exact) mass is 336 g/mol. The number of hydrogen-bond acceptors (Lipinski definition) is 7. The van der Waals surface area contributed by atoms with Crippen LogP contribution in [0.25, 0.3) is 0 Å². The van der Waals surface area contributed by atoms with E-state index in [1.807, 2.05) is 13.8 Å². The minimum Gasteiger partial charge on any atom is -0.463 e. The van der Waals surface area contributed by atoms with Gasteiger partial charge in [-0.15, -0.1) is 0 Å². The first-order valence-electron chi connectivity index (χ1n) is 8.35. The Morgan fingerprint density at radius 3 is 1.65 bits per heavy atom. The summed E-state index contributed by atoms with van der Waals surface area (Å²) in [4.78, 5) is 11.3. The molecule has 138 valence electrons. The molecule has 0 rings (SSSR count). The van der Waals surface area contributed by atoms with Crippen LogP contribution in [0.5, 0.6) is 0 Å². The lowest BCUT2D eigenvalue weighted by Gasteiger charge is -2.07. The lowest BCUT2D eigenvalue weighted by molar-refractivity contribution is -0.146. The van der Waals surface area contributed by atoms with Crippen molar-refractivity contribution in [2.75, 3.05) is 72.7 Å². The highest BCUT2D eigenvalue weighted by Gasteiger charge is 2.02. The summed E-state index contributed by atoms with van der Waals surface area (Å²) in [5, 5.41) is 0. The molecule has 0 unspecified atom stereocenters. The first kappa shape index (κ1) is 22.3. The molecule has 0 aliphatic rings. The van der Waals surface area contributed by atoms with Crippen LogP contribution in [0, 0.1) is 0 Å². The second kappa shape index (κ2) is 19.3. The Kier molecular flexibility index (Phi) is 18.7. The van der Waals surface area contributed by atoms with Gasteiger partial charge in [-0.25, -0.2) is 0 Å². The van der Waals surface area contributed by atoms with Crippen molar-refractivity contribution >= 4 is 5.97 Å². The zero-order chi connectivity index (χ0) is 17.0. The summed E-state index contributed by atoms with van der Waals surface area (Å²) in [6.45, 7) is 9.82. The highest BCUT2D eigenvalue weighted by atomic mass is 16.6. The summed E-state index contributed by atoms with van der Waals surface area (Å²) in [5.74, 6) is -0.269. The van der Waals surface area contributed by atoms with Crippen molar-refractivity contribution in [3.63, 3.8) is 0 Å². The van der Waals surface area contributed by atoms with Crippen LogP contribution < -0.4 is 0 Å². The molecule has 0 spiro atoms. The fourth-order valence-electron chi connectivity index (χ4n) is 1.54. The molecule has 7 heteroatoms. The van der Waals surface area contributed by atoms with Crippen molar-refractivity contribution in [1.82, 2.24) is 0 Å². The van der Waals surface area contributed by atoms with E-state index in [0.29, 0.717) is 66.1 Å². The van der Waals surface area contributed by atoms with E-state index in [-0.39, 0.29) is 12.4 Å². The average Bonchev–Trinajstić information content (AvgIpc) is 2.56. The van der Waals surface area contributed by atoms with Crippen LogP contribution >= 0.6 is 0 Å². The Morgan fingerprint density at radius 2 is 1.09 bits per heavy atom. The van der Waals surface area contributed by atoms with Gasteiger partial charge in [0.15, 0.2) is 0 Å². The predicted octanol–water partition coefficient (Wildman–Crippen LogP) is 1.43. The van der Waals surface area contributed by atoms with Crippen LogP contribution in [0.15, 0.2) is 0 Å². The third-order valence-electron chi connectivity index (χ3n) is 2.67. The first-order valence-corrected chi connectivity index (χ1v) is 8.35. The SMILES string of the molecule is CCOCCOCCCOCCOCCC(=O)OCCOCC. The van der Waals surface area contributed by atoms with Gasteiger partial charge >= 0.3 is 5.97 Å². The summed E-state index contributed by atoms with van der Waals surface area (Å²) < 4.78 is 31.2. The van der Waals surface area contributed by atoms with Crippen molar-refractivity contribution in [2.45, 2.75) is 26.7 Å². The molecule has 0 N–H and O–H groups in total. The van der Waals surface area contributed by atoms with Gasteiger partial charge in [-0.3, -0.25) is 4.79 Å². The van der Waals surface area contributed by atoms with Crippen molar-refractivity contribution in [1.29, 1.82) is 0 Å². The highest BCUT2D eigenvalue weighted by molar-refractivity contribution is 5.69. The summed E-state index contributed by atoms with van der Waals surface area (Å²) in [7, 11) is 0. The number of carbonyl (C=O) groups is 1. The van der Waals surface area contributed by atoms with Gasteiger partial charge in [0.1, 0.15) is 6.61 Å². The fourth-order valence-corrected chi connectivity index (χ4v) is 1.54. The third-order valence-corrected chi connectivity index (χ3v) is 2.67. The topological polar surface area (TPSA) is 72.5 Å². The van der Waals surface area contributed by atoms with Crippen LogP contribution in [0.4, 0.5) is 0 Å². The quantitative estimate of drug-likeness (QED) is 0.277. The van der Waals surface area contributed by atoms with E-state index >= 15 is 0 Å². The molecule has 0 aromatic carbocycles. The number of ether oxygens (including phenoxy) is 6. The largest absolute Gasteiger partial charge is 0.463 e. The lowest BCUT2D eigenvalue weighted by Crippen LogP contribution is -2.14. The molecule has 0 heterocycles. The molecule has 0 aliphatic heterocycles. The van der Waals surface area contributed by atoms with Gasteiger partial charge in [0, 0.05) is 26.4 Å². The Bertz CT molecular complexity index is 249. The Morgan fingerprint density at radius 1 is 0.609 bits per heavy atom. The van der Waals surface area contributed by atoms with E-state index < -0.39 is 0 Å². The van der Waals surface area contributed by atoms with E-state index in [2.05, 4.69) is 0 Å². The van der Waals surface area contributed by atoms with Crippen molar-refractivity contribution in [2.24, 2.45) is 0 Å². The van der Waals surface area contributed by atoms with E-state index in [9.17, 15) is 4.79 Å². The fraction of sp³-hybridized carbons (Fsp3) is 0.938. The molecule has 0 saturated heterocycles. The molecule has 0 saturated carbocycles. The van der Waals surface area contributed by atoms with Gasteiger partial charge in [-0.2, -0.15) is 0 Å². The van der Waals surface area contributed by atoms with Gasteiger partial charge < -0.3 is 28.4 Å².